The Morgan fingerprint density at radius 2 is 1.89 bits per heavy atom. The van der Waals surface area contributed by atoms with E-state index in [1.54, 1.807) is 17.4 Å². The third kappa shape index (κ3) is 1.94. The van der Waals surface area contributed by atoms with Crippen LogP contribution in [0, 0.1) is 18.6 Å². The first kappa shape index (κ1) is 12.0. The molecule has 0 atom stereocenters. The van der Waals surface area contributed by atoms with Gasteiger partial charge in [-0.3, -0.25) is 4.40 Å². The lowest BCUT2D eigenvalue weighted by molar-refractivity contribution is 0.509. The van der Waals surface area contributed by atoms with E-state index in [0.29, 0.717) is 28.0 Å². The van der Waals surface area contributed by atoms with Crippen LogP contribution in [-0.4, -0.2) is 19.6 Å². The highest BCUT2D eigenvalue weighted by Crippen LogP contribution is 2.22. The fourth-order valence-electron chi connectivity index (χ4n) is 1.87. The van der Waals surface area contributed by atoms with Crippen molar-refractivity contribution in [2.45, 2.75) is 6.92 Å². The molecule has 3 rings (SSSR count). The number of fused-ring (bicyclic) bond motifs is 1. The van der Waals surface area contributed by atoms with Gasteiger partial charge in [-0.2, -0.15) is 0 Å². The smallest absolute Gasteiger partial charge is 0.169 e. The summed E-state index contributed by atoms with van der Waals surface area (Å²) in [4.78, 5) is 4.08. The third-order valence-electron chi connectivity index (χ3n) is 2.71. The number of nitrogens with zero attached hydrogens (tertiary/aromatic N) is 4. The quantitative estimate of drug-likeness (QED) is 0.644. The molecule has 2 aromatic heterocycles. The first-order chi connectivity index (χ1) is 9.06. The molecule has 4 nitrogen and oxygen atoms in total. The van der Waals surface area contributed by atoms with E-state index in [9.17, 15) is 8.78 Å². The number of halogens is 3. The van der Waals surface area contributed by atoms with Crippen molar-refractivity contribution >= 4 is 17.2 Å². The van der Waals surface area contributed by atoms with Crippen LogP contribution in [0.4, 0.5) is 8.78 Å². The summed E-state index contributed by atoms with van der Waals surface area (Å²) < 4.78 is 27.8. The first-order valence-corrected chi connectivity index (χ1v) is 5.78. The Bertz CT molecular complexity index is 785. The van der Waals surface area contributed by atoms with Crippen molar-refractivity contribution in [1.82, 2.24) is 19.6 Å². The fraction of sp³-hybridized carbons (Fsp3) is 0.0833. The minimum Gasteiger partial charge on any atom is -0.263 e. The van der Waals surface area contributed by atoms with Crippen LogP contribution in [0.2, 0.25) is 5.15 Å². The number of hydrogen-bond donors (Lipinski definition) is 0. The second-order valence-corrected chi connectivity index (χ2v) is 4.36. The number of rotatable bonds is 1. The highest BCUT2D eigenvalue weighted by atomic mass is 35.5. The van der Waals surface area contributed by atoms with Crippen LogP contribution in [0.15, 0.2) is 24.3 Å². The molecule has 0 aliphatic rings. The molecule has 0 unspecified atom stereocenters. The molecule has 3 aromatic rings. The summed E-state index contributed by atoms with van der Waals surface area (Å²) in [6, 6.07) is 5.10. The third-order valence-corrected chi connectivity index (χ3v) is 2.90. The van der Waals surface area contributed by atoms with Crippen molar-refractivity contribution in [2.75, 3.05) is 0 Å². The summed E-state index contributed by atoms with van der Waals surface area (Å²) in [6.07, 6.45) is 0. The molecule has 1 aromatic carbocycles. The van der Waals surface area contributed by atoms with E-state index in [1.165, 1.54) is 6.07 Å². The molecule has 0 bridgehead atoms. The van der Waals surface area contributed by atoms with E-state index in [1.807, 2.05) is 0 Å². The van der Waals surface area contributed by atoms with Crippen LogP contribution >= 0.6 is 11.6 Å². The molecule has 0 N–H and O–H groups in total. The van der Waals surface area contributed by atoms with Gasteiger partial charge >= 0.3 is 0 Å². The summed E-state index contributed by atoms with van der Waals surface area (Å²) in [5, 5.41) is 8.20. The standard InChI is InChI=1S/C12H7ClF2N4/c1-6-16-10(13)5-11-17-18-12(19(6)11)7-2-3-8(14)9(15)4-7/h2-5H,1H3. The van der Waals surface area contributed by atoms with Crippen molar-refractivity contribution in [2.24, 2.45) is 0 Å². The molecule has 0 spiro atoms. The molecular formula is C12H7ClF2N4. The Kier molecular flexibility index (Phi) is 2.67. The monoisotopic (exact) mass is 280 g/mol. The van der Waals surface area contributed by atoms with E-state index >= 15 is 0 Å². The molecule has 0 aliphatic heterocycles. The molecule has 96 valence electrons. The van der Waals surface area contributed by atoms with Gasteiger partial charge in [0.2, 0.25) is 0 Å². The number of aromatic nitrogens is 4. The maximum absolute atomic E-state index is 13.3. The summed E-state index contributed by atoms with van der Waals surface area (Å²) in [5.74, 6) is -0.896. The van der Waals surface area contributed by atoms with Crippen molar-refractivity contribution < 1.29 is 8.78 Å². The van der Waals surface area contributed by atoms with Gasteiger partial charge in [0.1, 0.15) is 11.0 Å². The lowest BCUT2D eigenvalue weighted by atomic mass is 10.2. The second-order valence-electron chi connectivity index (χ2n) is 3.97. The van der Waals surface area contributed by atoms with Crippen LogP contribution in [-0.2, 0) is 0 Å². The number of aryl methyl sites for hydroxylation is 1. The predicted molar refractivity (Wildman–Crippen MR) is 65.9 cm³/mol. The fourth-order valence-corrected chi connectivity index (χ4v) is 2.09. The van der Waals surface area contributed by atoms with Crippen molar-refractivity contribution in [3.63, 3.8) is 0 Å². The van der Waals surface area contributed by atoms with Crippen molar-refractivity contribution in [1.29, 1.82) is 0 Å². The Hall–Kier alpha value is -2.08. The van der Waals surface area contributed by atoms with Gasteiger partial charge in [0.05, 0.1) is 0 Å². The number of hydrogen-bond acceptors (Lipinski definition) is 3. The molecule has 19 heavy (non-hydrogen) atoms. The minimum absolute atomic E-state index is 0.300. The zero-order valence-corrected chi connectivity index (χ0v) is 10.5. The maximum Gasteiger partial charge on any atom is 0.169 e. The van der Waals surface area contributed by atoms with Gasteiger partial charge in [-0.15, -0.1) is 10.2 Å². The lowest BCUT2D eigenvalue weighted by Crippen LogP contribution is -1.98. The molecule has 0 saturated heterocycles. The zero-order valence-electron chi connectivity index (χ0n) is 9.73. The zero-order chi connectivity index (χ0) is 13.6. The van der Waals surface area contributed by atoms with Crippen LogP contribution in [0.5, 0.6) is 0 Å². The van der Waals surface area contributed by atoms with Gasteiger partial charge in [-0.05, 0) is 25.1 Å². The summed E-state index contributed by atoms with van der Waals surface area (Å²) >= 11 is 5.82. The topological polar surface area (TPSA) is 43.1 Å². The van der Waals surface area contributed by atoms with E-state index < -0.39 is 11.6 Å². The minimum atomic E-state index is -0.936. The molecular weight excluding hydrogens is 274 g/mol. The summed E-state index contributed by atoms with van der Waals surface area (Å²) in [5.41, 5.74) is 0.913. The van der Waals surface area contributed by atoms with Crippen LogP contribution < -0.4 is 0 Å². The molecule has 7 heteroatoms. The molecule has 0 saturated carbocycles. The normalized spacial score (nSPS) is 11.2. The van der Waals surface area contributed by atoms with Gasteiger partial charge in [0.15, 0.2) is 23.1 Å². The SMILES string of the molecule is Cc1nc(Cl)cc2nnc(-c3ccc(F)c(F)c3)n12. The first-order valence-electron chi connectivity index (χ1n) is 5.40. The van der Waals surface area contributed by atoms with Gasteiger partial charge in [-0.25, -0.2) is 13.8 Å². The van der Waals surface area contributed by atoms with Gasteiger partial charge in [0.25, 0.3) is 0 Å². The molecule has 0 amide bonds. The largest absolute Gasteiger partial charge is 0.263 e. The van der Waals surface area contributed by atoms with E-state index in [2.05, 4.69) is 15.2 Å². The Balaban J connectivity index is 2.28. The molecule has 0 fully saturated rings. The highest BCUT2D eigenvalue weighted by molar-refractivity contribution is 6.29. The average Bonchev–Trinajstić information content (AvgIpc) is 2.76. The van der Waals surface area contributed by atoms with Crippen LogP contribution in [0.25, 0.3) is 17.0 Å². The van der Waals surface area contributed by atoms with E-state index in [4.69, 9.17) is 11.6 Å². The Labute approximate surface area is 111 Å². The van der Waals surface area contributed by atoms with E-state index in [-0.39, 0.29) is 0 Å². The number of benzene rings is 1. The molecule has 0 aliphatic carbocycles. The lowest BCUT2D eigenvalue weighted by Gasteiger charge is -2.04. The van der Waals surface area contributed by atoms with Crippen LogP contribution in [0.1, 0.15) is 5.82 Å². The second kappa shape index (κ2) is 4.24. The van der Waals surface area contributed by atoms with Crippen molar-refractivity contribution in [3.05, 3.63) is 46.9 Å². The molecule has 0 radical (unpaired) electrons. The van der Waals surface area contributed by atoms with E-state index in [0.717, 1.165) is 12.1 Å². The highest BCUT2D eigenvalue weighted by Gasteiger charge is 2.13. The Morgan fingerprint density at radius 3 is 2.63 bits per heavy atom. The Morgan fingerprint density at radius 1 is 1.11 bits per heavy atom. The van der Waals surface area contributed by atoms with Gasteiger partial charge in [0, 0.05) is 11.6 Å². The van der Waals surface area contributed by atoms with Gasteiger partial charge in [-0.1, -0.05) is 11.6 Å². The molecule has 2 heterocycles. The maximum atomic E-state index is 13.3. The predicted octanol–water partition coefficient (Wildman–Crippen LogP) is 3.03. The van der Waals surface area contributed by atoms with Crippen molar-refractivity contribution in [3.8, 4) is 11.4 Å². The van der Waals surface area contributed by atoms with Gasteiger partial charge < -0.3 is 0 Å². The summed E-state index contributed by atoms with van der Waals surface area (Å²) in [7, 11) is 0. The summed E-state index contributed by atoms with van der Waals surface area (Å²) in [6.45, 7) is 1.73. The average molecular weight is 281 g/mol. The van der Waals surface area contributed by atoms with Crippen LogP contribution in [0.3, 0.4) is 0 Å².